The average Bonchev–Trinajstić information content (AvgIpc) is 3.02. The van der Waals surface area contributed by atoms with Gasteiger partial charge in [0, 0.05) is 34.1 Å². The molecule has 0 saturated carbocycles. The number of nitrogens with one attached hydrogen (secondary N) is 3. The number of aromatic amines is 1. The second-order valence-corrected chi connectivity index (χ2v) is 7.50. The van der Waals surface area contributed by atoms with E-state index < -0.39 is 0 Å². The van der Waals surface area contributed by atoms with Gasteiger partial charge in [-0.2, -0.15) is 0 Å². The molecule has 1 aromatic heterocycles. The van der Waals surface area contributed by atoms with E-state index in [9.17, 15) is 9.59 Å². The summed E-state index contributed by atoms with van der Waals surface area (Å²) in [6, 6.07) is 12.5. The van der Waals surface area contributed by atoms with Crippen molar-refractivity contribution in [2.75, 3.05) is 23.8 Å². The average molecular weight is 428 g/mol. The Kier molecular flexibility index (Phi) is 5.81. The number of esters is 1. The molecule has 30 heavy (non-hydrogen) atoms. The number of rotatable bonds is 5. The molecule has 3 aromatic rings. The number of hydrogen-bond acceptors (Lipinski definition) is 5. The Labute approximate surface area is 178 Å². The van der Waals surface area contributed by atoms with E-state index in [4.69, 9.17) is 21.1 Å². The van der Waals surface area contributed by atoms with Gasteiger partial charge in [0.2, 0.25) is 0 Å². The van der Waals surface area contributed by atoms with Gasteiger partial charge in [-0.15, -0.1) is 0 Å². The third-order valence-corrected chi connectivity index (χ3v) is 5.10. The number of amides is 1. The van der Waals surface area contributed by atoms with E-state index in [1.54, 1.807) is 43.3 Å². The lowest BCUT2D eigenvalue weighted by molar-refractivity contribution is -0.143. The highest BCUT2D eigenvalue weighted by Gasteiger charge is 2.21. The quantitative estimate of drug-likeness (QED) is 0.518. The number of carbonyl (C=O) groups is 2. The first-order valence-electron chi connectivity index (χ1n) is 9.80. The summed E-state index contributed by atoms with van der Waals surface area (Å²) in [6.07, 6.45) is 0.928. The molecule has 1 unspecified atom stereocenters. The smallest absolute Gasteiger partial charge is 0.307 e. The fourth-order valence-electron chi connectivity index (χ4n) is 3.45. The maximum absolute atomic E-state index is 12.7. The molecule has 0 aliphatic carbocycles. The van der Waals surface area contributed by atoms with E-state index in [0.29, 0.717) is 41.8 Å². The molecule has 0 radical (unpaired) electrons. The van der Waals surface area contributed by atoms with Gasteiger partial charge in [0.25, 0.3) is 5.91 Å². The zero-order valence-corrected chi connectivity index (χ0v) is 17.2. The molecule has 1 aliphatic rings. The van der Waals surface area contributed by atoms with Crippen LogP contribution < -0.4 is 15.4 Å². The van der Waals surface area contributed by atoms with Crippen LogP contribution in [-0.2, 0) is 9.53 Å². The lowest BCUT2D eigenvalue weighted by Gasteiger charge is -2.16. The molecular formula is C22H22ClN3O4. The highest BCUT2D eigenvalue weighted by Crippen LogP contribution is 2.32. The van der Waals surface area contributed by atoms with Crippen molar-refractivity contribution in [3.05, 3.63) is 53.2 Å². The number of anilines is 2. The van der Waals surface area contributed by atoms with Gasteiger partial charge in [-0.25, -0.2) is 0 Å². The Morgan fingerprint density at radius 1 is 1.23 bits per heavy atom. The second kappa shape index (κ2) is 8.67. The van der Waals surface area contributed by atoms with Crippen LogP contribution in [0, 0.1) is 0 Å². The first kappa shape index (κ1) is 20.1. The third kappa shape index (κ3) is 4.52. The Hall–Kier alpha value is -3.19. The number of hydrogen-bond donors (Lipinski definition) is 3. The molecular weight excluding hydrogens is 406 g/mol. The number of aromatic nitrogens is 1. The molecule has 4 rings (SSSR count). The van der Waals surface area contributed by atoms with E-state index in [2.05, 4.69) is 15.6 Å². The summed E-state index contributed by atoms with van der Waals surface area (Å²) in [5.41, 5.74) is 2.61. The van der Waals surface area contributed by atoms with Gasteiger partial charge >= 0.3 is 5.97 Å². The largest absolute Gasteiger partial charge is 0.491 e. The second-order valence-electron chi connectivity index (χ2n) is 7.07. The van der Waals surface area contributed by atoms with Crippen molar-refractivity contribution < 1.29 is 19.1 Å². The molecule has 1 aliphatic heterocycles. The summed E-state index contributed by atoms with van der Waals surface area (Å²) in [5, 5.41) is 7.70. The van der Waals surface area contributed by atoms with Crippen LogP contribution >= 0.6 is 11.6 Å². The molecule has 2 aromatic carbocycles. The van der Waals surface area contributed by atoms with Gasteiger partial charge in [-0.05, 0) is 49.4 Å². The summed E-state index contributed by atoms with van der Waals surface area (Å²) < 4.78 is 10.8. The van der Waals surface area contributed by atoms with E-state index in [0.717, 1.165) is 16.6 Å². The van der Waals surface area contributed by atoms with E-state index in [1.807, 2.05) is 6.07 Å². The van der Waals surface area contributed by atoms with Gasteiger partial charge in [0.1, 0.15) is 11.4 Å². The topological polar surface area (TPSA) is 92.4 Å². The standard InChI is InChI=1S/C22H22ClN3O4/c1-2-29-21(27)12-16-7-8-30-20-6-4-15(11-18(20)24-16)25-22(28)19-10-13-9-14(23)3-5-17(13)26-19/h3-6,9-11,16,24,26H,2,7-8,12H2,1H3,(H,25,28). The highest BCUT2D eigenvalue weighted by molar-refractivity contribution is 6.31. The first-order chi connectivity index (χ1) is 14.5. The Bertz CT molecular complexity index is 1100. The minimum absolute atomic E-state index is 0.102. The Morgan fingerprint density at radius 3 is 2.93 bits per heavy atom. The summed E-state index contributed by atoms with van der Waals surface area (Å²) in [4.78, 5) is 27.6. The molecule has 0 bridgehead atoms. The van der Waals surface area contributed by atoms with Crippen molar-refractivity contribution in [1.82, 2.24) is 4.98 Å². The van der Waals surface area contributed by atoms with Gasteiger partial charge in [0.15, 0.2) is 0 Å². The van der Waals surface area contributed by atoms with Gasteiger partial charge in [0.05, 0.1) is 25.3 Å². The summed E-state index contributed by atoms with van der Waals surface area (Å²) in [5.74, 6) is 0.168. The number of H-pyrrole nitrogens is 1. The van der Waals surface area contributed by atoms with Gasteiger partial charge in [-0.1, -0.05) is 11.6 Å². The number of fused-ring (bicyclic) bond motifs is 2. The molecule has 8 heteroatoms. The molecule has 156 valence electrons. The van der Waals surface area contributed by atoms with Crippen molar-refractivity contribution in [3.8, 4) is 5.75 Å². The van der Waals surface area contributed by atoms with E-state index >= 15 is 0 Å². The number of carbonyl (C=O) groups excluding carboxylic acids is 2. The molecule has 7 nitrogen and oxygen atoms in total. The maximum Gasteiger partial charge on any atom is 0.307 e. The molecule has 0 spiro atoms. The lowest BCUT2D eigenvalue weighted by Crippen LogP contribution is -2.24. The minimum Gasteiger partial charge on any atom is -0.491 e. The molecule has 1 amide bonds. The monoisotopic (exact) mass is 427 g/mol. The van der Waals surface area contributed by atoms with Crippen LogP contribution in [0.3, 0.4) is 0 Å². The fraction of sp³-hybridized carbons (Fsp3) is 0.273. The molecule has 2 heterocycles. The van der Waals surface area contributed by atoms with Crippen molar-refractivity contribution in [2.45, 2.75) is 25.8 Å². The van der Waals surface area contributed by atoms with Crippen LogP contribution in [0.4, 0.5) is 11.4 Å². The zero-order chi connectivity index (χ0) is 21.1. The summed E-state index contributed by atoms with van der Waals surface area (Å²) >= 11 is 6.02. The van der Waals surface area contributed by atoms with Crippen LogP contribution in [0.15, 0.2) is 42.5 Å². The van der Waals surface area contributed by atoms with Crippen LogP contribution in [0.5, 0.6) is 5.75 Å². The Balaban J connectivity index is 1.49. The van der Waals surface area contributed by atoms with Crippen molar-refractivity contribution >= 4 is 45.8 Å². The van der Waals surface area contributed by atoms with Crippen molar-refractivity contribution in [2.24, 2.45) is 0 Å². The molecule has 0 fully saturated rings. The zero-order valence-electron chi connectivity index (χ0n) is 16.5. The van der Waals surface area contributed by atoms with Crippen LogP contribution in [-0.4, -0.2) is 36.1 Å². The predicted molar refractivity (Wildman–Crippen MR) is 116 cm³/mol. The predicted octanol–water partition coefficient (Wildman–Crippen LogP) is 4.59. The normalized spacial score (nSPS) is 15.5. The lowest BCUT2D eigenvalue weighted by atomic mass is 10.1. The number of halogens is 1. The molecule has 0 saturated heterocycles. The summed E-state index contributed by atoms with van der Waals surface area (Å²) in [7, 11) is 0. The van der Waals surface area contributed by atoms with Crippen molar-refractivity contribution in [3.63, 3.8) is 0 Å². The number of benzene rings is 2. The van der Waals surface area contributed by atoms with Gasteiger partial charge in [-0.3, -0.25) is 9.59 Å². The van der Waals surface area contributed by atoms with Crippen LogP contribution in [0.25, 0.3) is 10.9 Å². The van der Waals surface area contributed by atoms with E-state index in [-0.39, 0.29) is 24.3 Å². The molecule has 1 atom stereocenters. The molecule has 3 N–H and O–H groups in total. The summed E-state index contributed by atoms with van der Waals surface area (Å²) in [6.45, 7) is 2.63. The fourth-order valence-corrected chi connectivity index (χ4v) is 3.63. The van der Waals surface area contributed by atoms with E-state index in [1.165, 1.54) is 0 Å². The van der Waals surface area contributed by atoms with Crippen LogP contribution in [0.1, 0.15) is 30.3 Å². The van der Waals surface area contributed by atoms with Crippen LogP contribution in [0.2, 0.25) is 5.02 Å². The maximum atomic E-state index is 12.7. The first-order valence-corrected chi connectivity index (χ1v) is 10.2. The third-order valence-electron chi connectivity index (χ3n) is 4.87. The number of ether oxygens (including phenoxy) is 2. The highest BCUT2D eigenvalue weighted by atomic mass is 35.5. The Morgan fingerprint density at radius 2 is 2.10 bits per heavy atom. The van der Waals surface area contributed by atoms with Crippen molar-refractivity contribution in [1.29, 1.82) is 0 Å². The SMILES string of the molecule is CCOC(=O)CC1CCOc2ccc(NC(=O)c3cc4cc(Cl)ccc4[nH]3)cc2N1. The minimum atomic E-state index is -0.264. The van der Waals surface area contributed by atoms with Gasteiger partial charge < -0.3 is 25.1 Å².